The minimum absolute atomic E-state index is 0.0292. The van der Waals surface area contributed by atoms with Gasteiger partial charge in [-0.3, -0.25) is 14.9 Å². The Hall–Kier alpha value is -3.61. The molecule has 7 heteroatoms. The van der Waals surface area contributed by atoms with E-state index in [4.69, 9.17) is 0 Å². The number of carbonyl (C=O) groups is 1. The van der Waals surface area contributed by atoms with E-state index in [-0.39, 0.29) is 12.2 Å². The van der Waals surface area contributed by atoms with Gasteiger partial charge in [-0.15, -0.1) is 0 Å². The second-order valence-corrected chi connectivity index (χ2v) is 5.23. The van der Waals surface area contributed by atoms with E-state index < -0.39 is 10.8 Å². The molecule has 0 saturated carbocycles. The van der Waals surface area contributed by atoms with Crippen LogP contribution in [-0.2, 0) is 6.54 Å². The van der Waals surface area contributed by atoms with Crippen molar-refractivity contribution in [2.75, 3.05) is 0 Å². The van der Waals surface area contributed by atoms with E-state index in [9.17, 15) is 14.9 Å². The van der Waals surface area contributed by atoms with Crippen LogP contribution < -0.4 is 5.32 Å². The highest BCUT2D eigenvalue weighted by Crippen LogP contribution is 2.17. The van der Waals surface area contributed by atoms with E-state index in [1.54, 1.807) is 18.2 Å². The summed E-state index contributed by atoms with van der Waals surface area (Å²) in [5, 5.41) is 13.6. The molecule has 124 valence electrons. The molecular formula is C18H14N4O3. The summed E-state index contributed by atoms with van der Waals surface area (Å²) in [5.41, 5.74) is 1.55. The number of nitro groups is 1. The molecule has 0 fully saturated rings. The number of hydrogen-bond donors (Lipinski definition) is 1. The van der Waals surface area contributed by atoms with Crippen molar-refractivity contribution in [2.24, 2.45) is 0 Å². The van der Waals surface area contributed by atoms with Gasteiger partial charge in [0.25, 0.3) is 11.6 Å². The van der Waals surface area contributed by atoms with E-state index in [1.165, 1.54) is 18.5 Å². The summed E-state index contributed by atoms with van der Waals surface area (Å²) in [5.74, 6) is 0.133. The molecule has 0 spiro atoms. The van der Waals surface area contributed by atoms with Gasteiger partial charge in [0.05, 0.1) is 10.5 Å². The second-order valence-electron chi connectivity index (χ2n) is 5.23. The van der Waals surface area contributed by atoms with Crippen LogP contribution in [0.4, 0.5) is 5.69 Å². The molecule has 2 aromatic carbocycles. The Kier molecular flexibility index (Phi) is 4.75. The normalized spacial score (nSPS) is 10.2. The van der Waals surface area contributed by atoms with Crippen molar-refractivity contribution in [2.45, 2.75) is 6.54 Å². The zero-order chi connectivity index (χ0) is 17.6. The molecule has 0 aliphatic heterocycles. The van der Waals surface area contributed by atoms with Crippen molar-refractivity contribution >= 4 is 11.6 Å². The maximum absolute atomic E-state index is 12.2. The third-order valence-electron chi connectivity index (χ3n) is 3.57. The summed E-state index contributed by atoms with van der Waals surface area (Å²) in [6.07, 6.45) is 2.87. The van der Waals surface area contributed by atoms with Crippen molar-refractivity contribution in [1.29, 1.82) is 0 Å². The van der Waals surface area contributed by atoms with E-state index >= 15 is 0 Å². The Morgan fingerprint density at radius 1 is 1.00 bits per heavy atom. The maximum atomic E-state index is 12.2. The van der Waals surface area contributed by atoms with Gasteiger partial charge in [0, 0.05) is 36.1 Å². The predicted octanol–water partition coefficient (Wildman–Crippen LogP) is 2.98. The SMILES string of the molecule is O=C(NCc1ccccc1[N+](=O)[O-])c1cnc(-c2ccccc2)nc1. The van der Waals surface area contributed by atoms with Gasteiger partial charge >= 0.3 is 0 Å². The average Bonchev–Trinajstić information content (AvgIpc) is 2.67. The number of aromatic nitrogens is 2. The Bertz CT molecular complexity index is 896. The highest BCUT2D eigenvalue weighted by Gasteiger charge is 2.14. The molecule has 0 unspecified atom stereocenters. The monoisotopic (exact) mass is 334 g/mol. The van der Waals surface area contributed by atoms with Gasteiger partial charge in [0.2, 0.25) is 0 Å². The lowest BCUT2D eigenvalue weighted by molar-refractivity contribution is -0.385. The average molecular weight is 334 g/mol. The van der Waals surface area contributed by atoms with E-state index in [2.05, 4.69) is 15.3 Å². The number of nitro benzene ring substituents is 1. The lowest BCUT2D eigenvalue weighted by Gasteiger charge is -2.06. The van der Waals surface area contributed by atoms with Gasteiger partial charge in [-0.05, 0) is 0 Å². The van der Waals surface area contributed by atoms with Crippen LogP contribution in [-0.4, -0.2) is 20.8 Å². The smallest absolute Gasteiger partial charge is 0.274 e. The molecule has 1 aromatic heterocycles. The van der Waals surface area contributed by atoms with Gasteiger partial charge < -0.3 is 5.32 Å². The first-order valence-electron chi connectivity index (χ1n) is 7.53. The molecule has 0 aliphatic rings. The van der Waals surface area contributed by atoms with E-state index in [0.717, 1.165) is 5.56 Å². The van der Waals surface area contributed by atoms with Crippen LogP contribution in [0.1, 0.15) is 15.9 Å². The molecule has 0 aliphatic carbocycles. The first-order valence-corrected chi connectivity index (χ1v) is 7.53. The number of rotatable bonds is 5. The summed E-state index contributed by atoms with van der Waals surface area (Å²) in [7, 11) is 0. The largest absolute Gasteiger partial charge is 0.348 e. The standard InChI is InChI=1S/C18H14N4O3/c23-18(21-10-14-8-4-5-9-16(14)22(24)25)15-11-19-17(20-12-15)13-6-2-1-3-7-13/h1-9,11-12H,10H2,(H,21,23). The minimum atomic E-state index is -0.473. The molecule has 3 aromatic rings. The van der Waals surface area contributed by atoms with Crippen LogP contribution in [0.15, 0.2) is 67.0 Å². The number of amides is 1. The number of benzene rings is 2. The number of nitrogens with one attached hydrogen (secondary N) is 1. The Morgan fingerprint density at radius 3 is 2.32 bits per heavy atom. The lowest BCUT2D eigenvalue weighted by atomic mass is 10.1. The Balaban J connectivity index is 1.69. The van der Waals surface area contributed by atoms with Gasteiger partial charge in [-0.25, -0.2) is 9.97 Å². The van der Waals surface area contributed by atoms with E-state index in [1.807, 2.05) is 30.3 Å². The molecule has 25 heavy (non-hydrogen) atoms. The van der Waals surface area contributed by atoms with Gasteiger partial charge in [0.15, 0.2) is 5.82 Å². The number of carbonyl (C=O) groups excluding carboxylic acids is 1. The van der Waals surface area contributed by atoms with Gasteiger partial charge in [-0.1, -0.05) is 48.5 Å². The van der Waals surface area contributed by atoms with Crippen LogP contribution in [0.5, 0.6) is 0 Å². The zero-order valence-electron chi connectivity index (χ0n) is 13.1. The summed E-state index contributed by atoms with van der Waals surface area (Å²) in [6.45, 7) is 0.0520. The van der Waals surface area contributed by atoms with Crippen LogP contribution in [0.2, 0.25) is 0 Å². The fourth-order valence-electron chi connectivity index (χ4n) is 2.30. The molecule has 0 atom stereocenters. The van der Waals surface area contributed by atoms with Crippen molar-refractivity contribution in [3.63, 3.8) is 0 Å². The summed E-state index contributed by atoms with van der Waals surface area (Å²) in [4.78, 5) is 31.1. The van der Waals surface area contributed by atoms with E-state index in [0.29, 0.717) is 17.0 Å². The third kappa shape index (κ3) is 3.84. The number of para-hydroxylation sites is 1. The van der Waals surface area contributed by atoms with Crippen molar-refractivity contribution < 1.29 is 9.72 Å². The van der Waals surface area contributed by atoms with Crippen LogP contribution in [0.25, 0.3) is 11.4 Å². The Morgan fingerprint density at radius 2 is 1.64 bits per heavy atom. The quantitative estimate of drug-likeness (QED) is 0.571. The topological polar surface area (TPSA) is 98.0 Å². The molecule has 0 bridgehead atoms. The zero-order valence-corrected chi connectivity index (χ0v) is 13.1. The molecule has 1 N–H and O–H groups in total. The first kappa shape index (κ1) is 16.3. The molecule has 0 saturated heterocycles. The van der Waals surface area contributed by atoms with Crippen LogP contribution >= 0.6 is 0 Å². The van der Waals surface area contributed by atoms with Crippen LogP contribution in [0.3, 0.4) is 0 Å². The summed E-state index contributed by atoms with van der Waals surface area (Å²) in [6, 6.07) is 15.7. The minimum Gasteiger partial charge on any atom is -0.348 e. The molecule has 1 amide bonds. The van der Waals surface area contributed by atoms with Crippen molar-refractivity contribution in [1.82, 2.24) is 15.3 Å². The summed E-state index contributed by atoms with van der Waals surface area (Å²) < 4.78 is 0. The number of hydrogen-bond acceptors (Lipinski definition) is 5. The molecule has 3 rings (SSSR count). The second kappa shape index (κ2) is 7.31. The molecule has 1 heterocycles. The van der Waals surface area contributed by atoms with Gasteiger partial charge in [-0.2, -0.15) is 0 Å². The van der Waals surface area contributed by atoms with Crippen molar-refractivity contribution in [3.8, 4) is 11.4 Å². The lowest BCUT2D eigenvalue weighted by Crippen LogP contribution is -2.23. The van der Waals surface area contributed by atoms with Crippen LogP contribution in [0, 0.1) is 10.1 Å². The Labute approximate surface area is 143 Å². The fourth-order valence-corrected chi connectivity index (χ4v) is 2.30. The molecule has 0 radical (unpaired) electrons. The number of nitrogens with zero attached hydrogens (tertiary/aromatic N) is 3. The first-order chi connectivity index (χ1) is 12.1. The predicted molar refractivity (Wildman–Crippen MR) is 91.7 cm³/mol. The summed E-state index contributed by atoms with van der Waals surface area (Å²) >= 11 is 0. The maximum Gasteiger partial charge on any atom is 0.274 e. The molecule has 7 nitrogen and oxygen atoms in total. The highest BCUT2D eigenvalue weighted by atomic mass is 16.6. The van der Waals surface area contributed by atoms with Crippen molar-refractivity contribution in [3.05, 3.63) is 88.2 Å². The fraction of sp³-hybridized carbons (Fsp3) is 0.0556. The molecular weight excluding hydrogens is 320 g/mol. The van der Waals surface area contributed by atoms with Gasteiger partial charge in [0.1, 0.15) is 0 Å². The highest BCUT2D eigenvalue weighted by molar-refractivity contribution is 5.93. The third-order valence-corrected chi connectivity index (χ3v) is 3.57.